The largest absolute Gasteiger partial charge is 0.494 e. The molecule has 0 aromatic heterocycles. The predicted octanol–water partition coefficient (Wildman–Crippen LogP) is 3.53. The Bertz CT molecular complexity index is 886. The number of sulfonamides is 1. The topological polar surface area (TPSA) is 75.7 Å². The summed E-state index contributed by atoms with van der Waals surface area (Å²) in [5.74, 6) is 0.150. The van der Waals surface area contributed by atoms with Crippen LogP contribution < -0.4 is 14.4 Å². The van der Waals surface area contributed by atoms with E-state index >= 15 is 0 Å². The van der Waals surface area contributed by atoms with Gasteiger partial charge in [0.25, 0.3) is 0 Å². The molecule has 140 valence electrons. The van der Waals surface area contributed by atoms with Crippen molar-refractivity contribution in [3.8, 4) is 5.75 Å². The molecule has 0 radical (unpaired) electrons. The van der Waals surface area contributed by atoms with Gasteiger partial charge in [0.05, 0.1) is 18.6 Å². The average Bonchev–Trinajstić information content (AvgIpc) is 2.54. The van der Waals surface area contributed by atoms with Gasteiger partial charge in [-0.3, -0.25) is 9.10 Å². The molecule has 2 rings (SSSR count). The van der Waals surface area contributed by atoms with E-state index < -0.39 is 22.0 Å². The van der Waals surface area contributed by atoms with Crippen LogP contribution >= 0.6 is 11.6 Å². The standard InChI is InChI=1S/C18H21ClN2O4S/c1-4-25-17-10-6-8-15(12-17)20-18(22)13(2)21(26(3,23)24)16-9-5-7-14(19)11-16/h5-13H,4H2,1-3H3,(H,20,22)/t13-/m0/s1. The van der Waals surface area contributed by atoms with Gasteiger partial charge in [-0.05, 0) is 44.2 Å². The second kappa shape index (κ2) is 8.42. The molecule has 0 saturated heterocycles. The maximum Gasteiger partial charge on any atom is 0.247 e. The van der Waals surface area contributed by atoms with Gasteiger partial charge in [0.2, 0.25) is 15.9 Å². The first kappa shape index (κ1) is 20.1. The zero-order valence-electron chi connectivity index (χ0n) is 14.8. The number of nitrogens with zero attached hydrogens (tertiary/aromatic N) is 1. The molecular weight excluding hydrogens is 376 g/mol. The third-order valence-corrected chi connectivity index (χ3v) is 5.04. The van der Waals surface area contributed by atoms with Gasteiger partial charge >= 0.3 is 0 Å². The fraction of sp³-hybridized carbons (Fsp3) is 0.278. The maximum atomic E-state index is 12.6. The molecule has 0 aliphatic carbocycles. The third kappa shape index (κ3) is 5.12. The summed E-state index contributed by atoms with van der Waals surface area (Å²) in [4.78, 5) is 12.6. The van der Waals surface area contributed by atoms with Crippen LogP contribution in [-0.2, 0) is 14.8 Å². The summed E-state index contributed by atoms with van der Waals surface area (Å²) in [7, 11) is -3.70. The van der Waals surface area contributed by atoms with Crippen molar-refractivity contribution < 1.29 is 17.9 Å². The molecule has 0 spiro atoms. The van der Waals surface area contributed by atoms with E-state index in [1.807, 2.05) is 6.92 Å². The van der Waals surface area contributed by atoms with Crippen molar-refractivity contribution in [2.45, 2.75) is 19.9 Å². The van der Waals surface area contributed by atoms with Crippen molar-refractivity contribution in [2.24, 2.45) is 0 Å². The van der Waals surface area contributed by atoms with Crippen LogP contribution in [0.15, 0.2) is 48.5 Å². The van der Waals surface area contributed by atoms with Crippen LogP contribution in [0, 0.1) is 0 Å². The molecule has 0 unspecified atom stereocenters. The van der Waals surface area contributed by atoms with E-state index in [-0.39, 0.29) is 0 Å². The second-order valence-electron chi connectivity index (χ2n) is 5.66. The van der Waals surface area contributed by atoms with Gasteiger partial charge in [-0.1, -0.05) is 23.7 Å². The van der Waals surface area contributed by atoms with Crippen molar-refractivity contribution in [2.75, 3.05) is 22.5 Å². The molecule has 0 aliphatic rings. The average molecular weight is 397 g/mol. The summed E-state index contributed by atoms with van der Waals surface area (Å²) >= 11 is 5.96. The van der Waals surface area contributed by atoms with Gasteiger partial charge in [-0.15, -0.1) is 0 Å². The van der Waals surface area contributed by atoms with E-state index in [4.69, 9.17) is 16.3 Å². The van der Waals surface area contributed by atoms with E-state index in [9.17, 15) is 13.2 Å². The Morgan fingerprint density at radius 1 is 1.23 bits per heavy atom. The van der Waals surface area contributed by atoms with Crippen molar-refractivity contribution in [1.29, 1.82) is 0 Å². The van der Waals surface area contributed by atoms with Gasteiger partial charge < -0.3 is 10.1 Å². The smallest absolute Gasteiger partial charge is 0.247 e. The Balaban J connectivity index is 2.27. The zero-order valence-corrected chi connectivity index (χ0v) is 16.3. The molecule has 0 fully saturated rings. The maximum absolute atomic E-state index is 12.6. The van der Waals surface area contributed by atoms with E-state index in [0.29, 0.717) is 28.8 Å². The first-order chi connectivity index (χ1) is 12.2. The second-order valence-corrected chi connectivity index (χ2v) is 7.96. The van der Waals surface area contributed by atoms with Gasteiger partial charge in [-0.25, -0.2) is 8.42 Å². The van der Waals surface area contributed by atoms with Crippen LogP contribution in [0.5, 0.6) is 5.75 Å². The quantitative estimate of drug-likeness (QED) is 0.776. The summed E-state index contributed by atoms with van der Waals surface area (Å²) in [6, 6.07) is 12.3. The lowest BCUT2D eigenvalue weighted by Gasteiger charge is -2.28. The minimum atomic E-state index is -3.70. The van der Waals surface area contributed by atoms with Crippen molar-refractivity contribution in [1.82, 2.24) is 0 Å². The van der Waals surface area contributed by atoms with Crippen LogP contribution in [0.4, 0.5) is 11.4 Å². The fourth-order valence-corrected chi connectivity index (χ4v) is 3.85. The fourth-order valence-electron chi connectivity index (χ4n) is 2.50. The lowest BCUT2D eigenvalue weighted by atomic mass is 10.2. The number of benzene rings is 2. The number of anilines is 2. The first-order valence-electron chi connectivity index (χ1n) is 8.01. The van der Waals surface area contributed by atoms with E-state index in [1.54, 1.807) is 42.5 Å². The molecule has 6 nitrogen and oxygen atoms in total. The van der Waals surface area contributed by atoms with Crippen molar-refractivity contribution >= 4 is 38.9 Å². The van der Waals surface area contributed by atoms with E-state index in [1.165, 1.54) is 13.0 Å². The Morgan fingerprint density at radius 3 is 2.54 bits per heavy atom. The zero-order chi connectivity index (χ0) is 19.3. The molecule has 8 heteroatoms. The number of carbonyl (C=O) groups is 1. The summed E-state index contributed by atoms with van der Waals surface area (Å²) in [6.45, 7) is 3.89. The minimum absolute atomic E-state index is 0.325. The number of nitrogens with one attached hydrogen (secondary N) is 1. The Morgan fingerprint density at radius 2 is 1.92 bits per heavy atom. The van der Waals surface area contributed by atoms with Crippen LogP contribution in [0.1, 0.15) is 13.8 Å². The third-order valence-electron chi connectivity index (χ3n) is 3.56. The number of carbonyl (C=O) groups excluding carboxylic acids is 1. The summed E-state index contributed by atoms with van der Waals surface area (Å²) in [5, 5.41) is 3.10. The van der Waals surface area contributed by atoms with Crippen LogP contribution in [0.2, 0.25) is 5.02 Å². The van der Waals surface area contributed by atoms with E-state index in [2.05, 4.69) is 5.32 Å². The van der Waals surface area contributed by atoms with Gasteiger partial charge in [-0.2, -0.15) is 0 Å². The summed E-state index contributed by atoms with van der Waals surface area (Å²) < 4.78 is 31.0. The molecule has 2 aromatic carbocycles. The lowest BCUT2D eigenvalue weighted by molar-refractivity contribution is -0.116. The molecule has 0 bridgehead atoms. The lowest BCUT2D eigenvalue weighted by Crippen LogP contribution is -2.45. The monoisotopic (exact) mass is 396 g/mol. The Kier molecular flexibility index (Phi) is 6.50. The van der Waals surface area contributed by atoms with Crippen LogP contribution in [-0.4, -0.2) is 33.2 Å². The molecule has 0 heterocycles. The number of hydrogen-bond acceptors (Lipinski definition) is 4. The van der Waals surface area contributed by atoms with Gasteiger partial charge in [0.15, 0.2) is 0 Å². The number of amides is 1. The molecule has 1 N–H and O–H groups in total. The molecular formula is C18H21ClN2O4S. The van der Waals surface area contributed by atoms with Crippen LogP contribution in [0.25, 0.3) is 0 Å². The number of ether oxygens (including phenoxy) is 1. The number of rotatable bonds is 7. The number of halogens is 1. The predicted molar refractivity (Wildman–Crippen MR) is 104 cm³/mol. The Labute approximate surface area is 158 Å². The van der Waals surface area contributed by atoms with Crippen molar-refractivity contribution in [3.05, 3.63) is 53.6 Å². The SMILES string of the molecule is CCOc1cccc(NC(=O)[C@H](C)N(c2cccc(Cl)c2)S(C)(=O)=O)c1. The number of hydrogen-bond donors (Lipinski definition) is 1. The molecule has 2 aromatic rings. The van der Waals surface area contributed by atoms with Crippen molar-refractivity contribution in [3.63, 3.8) is 0 Å². The molecule has 1 amide bonds. The normalized spacial score (nSPS) is 12.3. The van der Waals surface area contributed by atoms with Crippen LogP contribution in [0.3, 0.4) is 0 Å². The highest BCUT2D eigenvalue weighted by Crippen LogP contribution is 2.25. The highest BCUT2D eigenvalue weighted by Gasteiger charge is 2.29. The molecule has 1 atom stereocenters. The van der Waals surface area contributed by atoms with E-state index in [0.717, 1.165) is 10.6 Å². The minimum Gasteiger partial charge on any atom is -0.494 e. The summed E-state index contributed by atoms with van der Waals surface area (Å²) in [6.07, 6.45) is 1.05. The molecule has 26 heavy (non-hydrogen) atoms. The van der Waals surface area contributed by atoms with Gasteiger partial charge in [0.1, 0.15) is 11.8 Å². The van der Waals surface area contributed by atoms with Gasteiger partial charge in [0, 0.05) is 16.8 Å². The molecule has 0 saturated carbocycles. The summed E-state index contributed by atoms with van der Waals surface area (Å²) in [5.41, 5.74) is 0.845. The highest BCUT2D eigenvalue weighted by atomic mass is 35.5. The molecule has 0 aliphatic heterocycles. The first-order valence-corrected chi connectivity index (χ1v) is 10.2. The Hall–Kier alpha value is -2.25. The highest BCUT2D eigenvalue weighted by molar-refractivity contribution is 7.92.